The van der Waals surface area contributed by atoms with E-state index in [1.54, 1.807) is 6.21 Å². The Morgan fingerprint density at radius 1 is 1.08 bits per heavy atom. The van der Waals surface area contributed by atoms with Crippen molar-refractivity contribution in [2.24, 2.45) is 5.10 Å². The van der Waals surface area contributed by atoms with Gasteiger partial charge in [0.05, 0.1) is 12.3 Å². The molecule has 0 heterocycles. The molecule has 0 radical (unpaired) electrons. The van der Waals surface area contributed by atoms with E-state index in [1.165, 1.54) is 7.11 Å². The summed E-state index contributed by atoms with van der Waals surface area (Å²) >= 11 is 0. The topological polar surface area (TPSA) is 59.9 Å². The van der Waals surface area contributed by atoms with Crippen LogP contribution in [0.1, 0.15) is 31.1 Å². The average molecular weight is 326 g/mol. The highest BCUT2D eigenvalue weighted by Gasteiger charge is 2.18. The minimum Gasteiger partial charge on any atom is -0.491 e. The molecule has 5 heteroatoms. The molecule has 0 saturated carbocycles. The number of methoxy groups -OCH3 is 1. The van der Waals surface area contributed by atoms with E-state index in [-0.39, 0.29) is 12.0 Å². The molecular weight excluding hydrogens is 304 g/mol. The zero-order valence-electron chi connectivity index (χ0n) is 14.1. The van der Waals surface area contributed by atoms with Crippen LogP contribution < -0.4 is 10.2 Å². The van der Waals surface area contributed by atoms with E-state index < -0.39 is 6.10 Å². The molecule has 0 unspecified atom stereocenters. The van der Waals surface area contributed by atoms with Gasteiger partial charge in [-0.2, -0.15) is 5.10 Å². The fraction of sp³-hybridized carbons (Fsp3) is 0.263. The van der Waals surface area contributed by atoms with Crippen LogP contribution in [0.2, 0.25) is 0 Å². The Kier molecular flexibility index (Phi) is 6.51. The van der Waals surface area contributed by atoms with E-state index in [0.29, 0.717) is 0 Å². The van der Waals surface area contributed by atoms with Crippen LogP contribution in [-0.2, 0) is 9.53 Å². The van der Waals surface area contributed by atoms with Gasteiger partial charge >= 0.3 is 0 Å². The van der Waals surface area contributed by atoms with Crippen molar-refractivity contribution in [3.8, 4) is 5.75 Å². The maximum absolute atomic E-state index is 12.2. The van der Waals surface area contributed by atoms with E-state index in [2.05, 4.69) is 10.5 Å². The molecule has 0 spiro atoms. The highest BCUT2D eigenvalue weighted by Crippen LogP contribution is 2.16. The predicted octanol–water partition coefficient (Wildman–Crippen LogP) is 3.31. The molecule has 2 aromatic carbocycles. The Morgan fingerprint density at radius 2 is 1.75 bits per heavy atom. The molecule has 2 rings (SSSR count). The zero-order valence-corrected chi connectivity index (χ0v) is 14.1. The van der Waals surface area contributed by atoms with Crippen LogP contribution in [0.5, 0.6) is 5.75 Å². The number of nitrogens with zero attached hydrogens (tertiary/aromatic N) is 1. The Hall–Kier alpha value is -2.66. The largest absolute Gasteiger partial charge is 0.491 e. The average Bonchev–Trinajstić information content (AvgIpc) is 2.58. The van der Waals surface area contributed by atoms with Crippen molar-refractivity contribution in [3.05, 3.63) is 65.7 Å². The summed E-state index contributed by atoms with van der Waals surface area (Å²) in [6.45, 7) is 3.95. The van der Waals surface area contributed by atoms with Gasteiger partial charge in [0.1, 0.15) is 5.75 Å². The first-order chi connectivity index (χ1) is 11.6. The second kappa shape index (κ2) is 8.84. The van der Waals surface area contributed by atoms with Gasteiger partial charge in [-0.1, -0.05) is 30.3 Å². The van der Waals surface area contributed by atoms with Gasteiger partial charge in [0.25, 0.3) is 5.91 Å². The van der Waals surface area contributed by atoms with E-state index in [0.717, 1.165) is 16.9 Å². The number of hydrazone groups is 1. The Balaban J connectivity index is 1.94. The van der Waals surface area contributed by atoms with E-state index in [4.69, 9.17) is 9.47 Å². The molecule has 1 N–H and O–H groups in total. The fourth-order valence-electron chi connectivity index (χ4n) is 2.16. The van der Waals surface area contributed by atoms with Crippen molar-refractivity contribution in [3.63, 3.8) is 0 Å². The second-order valence-corrected chi connectivity index (χ2v) is 5.50. The van der Waals surface area contributed by atoms with Crippen molar-refractivity contribution in [1.82, 2.24) is 5.43 Å². The quantitative estimate of drug-likeness (QED) is 0.627. The van der Waals surface area contributed by atoms with Crippen LogP contribution in [0, 0.1) is 0 Å². The molecule has 0 aromatic heterocycles. The van der Waals surface area contributed by atoms with E-state index in [9.17, 15) is 4.79 Å². The number of rotatable bonds is 7. The fourth-order valence-corrected chi connectivity index (χ4v) is 2.16. The molecule has 0 saturated heterocycles. The molecule has 126 valence electrons. The van der Waals surface area contributed by atoms with Crippen LogP contribution in [0.3, 0.4) is 0 Å². The normalized spacial score (nSPS) is 12.3. The Bertz CT molecular complexity index is 667. The van der Waals surface area contributed by atoms with Crippen LogP contribution in [0.15, 0.2) is 59.7 Å². The van der Waals surface area contributed by atoms with Crippen molar-refractivity contribution in [1.29, 1.82) is 0 Å². The molecule has 0 aliphatic heterocycles. The van der Waals surface area contributed by atoms with Gasteiger partial charge in [-0.05, 0) is 49.2 Å². The first-order valence-electron chi connectivity index (χ1n) is 7.77. The minimum absolute atomic E-state index is 0.132. The summed E-state index contributed by atoms with van der Waals surface area (Å²) in [5, 5.41) is 3.98. The number of hydrogen-bond donors (Lipinski definition) is 1. The molecule has 2 aromatic rings. The summed E-state index contributed by atoms with van der Waals surface area (Å²) < 4.78 is 10.8. The highest BCUT2D eigenvalue weighted by atomic mass is 16.5. The van der Waals surface area contributed by atoms with Crippen LogP contribution >= 0.6 is 0 Å². The lowest BCUT2D eigenvalue weighted by Crippen LogP contribution is -2.26. The SMILES string of the molecule is CO[C@@H](C(=O)NN=Cc1ccc(OC(C)C)cc1)c1ccccc1. The summed E-state index contributed by atoms with van der Waals surface area (Å²) in [6.07, 6.45) is 1.02. The number of ether oxygens (including phenoxy) is 2. The summed E-state index contributed by atoms with van der Waals surface area (Å²) in [7, 11) is 1.49. The molecule has 5 nitrogen and oxygen atoms in total. The Labute approximate surface area is 142 Å². The molecule has 0 aliphatic rings. The van der Waals surface area contributed by atoms with Crippen LogP contribution in [0.25, 0.3) is 0 Å². The van der Waals surface area contributed by atoms with Gasteiger partial charge in [-0.25, -0.2) is 5.43 Å². The molecule has 1 amide bonds. The number of carbonyl (C=O) groups is 1. The second-order valence-electron chi connectivity index (χ2n) is 5.50. The van der Waals surface area contributed by atoms with Crippen LogP contribution in [0.4, 0.5) is 0 Å². The smallest absolute Gasteiger partial charge is 0.273 e. The van der Waals surface area contributed by atoms with Gasteiger partial charge < -0.3 is 9.47 Å². The van der Waals surface area contributed by atoms with Crippen molar-refractivity contribution in [2.45, 2.75) is 26.1 Å². The number of amides is 1. The summed E-state index contributed by atoms with van der Waals surface area (Å²) in [4.78, 5) is 12.2. The number of benzene rings is 2. The van der Waals surface area contributed by atoms with Crippen LogP contribution in [-0.4, -0.2) is 25.3 Å². The molecule has 0 bridgehead atoms. The third-order valence-electron chi connectivity index (χ3n) is 3.22. The van der Waals surface area contributed by atoms with Crippen molar-refractivity contribution >= 4 is 12.1 Å². The molecule has 0 aliphatic carbocycles. The van der Waals surface area contributed by atoms with E-state index >= 15 is 0 Å². The van der Waals surface area contributed by atoms with Gasteiger partial charge in [0.15, 0.2) is 6.10 Å². The lowest BCUT2D eigenvalue weighted by atomic mass is 10.1. The van der Waals surface area contributed by atoms with Gasteiger partial charge in [0.2, 0.25) is 0 Å². The third kappa shape index (κ3) is 5.21. The molecular formula is C19H22N2O3. The first kappa shape index (κ1) is 17.7. The molecule has 24 heavy (non-hydrogen) atoms. The Morgan fingerprint density at radius 3 is 2.33 bits per heavy atom. The summed E-state index contributed by atoms with van der Waals surface area (Å²) in [5.41, 5.74) is 4.14. The summed E-state index contributed by atoms with van der Waals surface area (Å²) in [6, 6.07) is 16.8. The standard InChI is InChI=1S/C19H22N2O3/c1-14(2)24-17-11-9-15(10-12-17)13-20-21-19(22)18(23-3)16-7-5-4-6-8-16/h4-14,18H,1-3H3,(H,21,22)/t18-/m1/s1. The predicted molar refractivity (Wildman–Crippen MR) is 94.1 cm³/mol. The van der Waals surface area contributed by atoms with Crippen molar-refractivity contribution in [2.75, 3.05) is 7.11 Å². The monoisotopic (exact) mass is 326 g/mol. The van der Waals surface area contributed by atoms with E-state index in [1.807, 2.05) is 68.4 Å². The molecule has 1 atom stereocenters. The maximum atomic E-state index is 12.2. The number of carbonyl (C=O) groups excluding carboxylic acids is 1. The van der Waals surface area contributed by atoms with Crippen molar-refractivity contribution < 1.29 is 14.3 Å². The minimum atomic E-state index is -0.690. The molecule has 0 fully saturated rings. The van der Waals surface area contributed by atoms with Gasteiger partial charge in [-0.3, -0.25) is 4.79 Å². The zero-order chi connectivity index (χ0) is 17.4. The van der Waals surface area contributed by atoms with Gasteiger partial charge in [-0.15, -0.1) is 0 Å². The number of nitrogens with one attached hydrogen (secondary N) is 1. The van der Waals surface area contributed by atoms with Gasteiger partial charge in [0, 0.05) is 7.11 Å². The lowest BCUT2D eigenvalue weighted by Gasteiger charge is -2.13. The summed E-state index contributed by atoms with van der Waals surface area (Å²) in [5.74, 6) is 0.481. The first-order valence-corrected chi connectivity index (χ1v) is 7.77. The number of hydrogen-bond acceptors (Lipinski definition) is 4. The lowest BCUT2D eigenvalue weighted by molar-refractivity contribution is -0.131. The third-order valence-corrected chi connectivity index (χ3v) is 3.22. The highest BCUT2D eigenvalue weighted by molar-refractivity contribution is 5.85. The maximum Gasteiger partial charge on any atom is 0.273 e.